The van der Waals surface area contributed by atoms with Crippen molar-refractivity contribution in [1.82, 2.24) is 0 Å². The van der Waals surface area contributed by atoms with E-state index in [0.717, 1.165) is 0 Å². The third-order valence-corrected chi connectivity index (χ3v) is 1.88. The highest BCUT2D eigenvalue weighted by atomic mass is 19.4. The average Bonchev–Trinajstić information content (AvgIpc) is 2.41. The summed E-state index contributed by atoms with van der Waals surface area (Å²) in [6.07, 6.45) is -4.00. The summed E-state index contributed by atoms with van der Waals surface area (Å²) >= 11 is 0. The summed E-state index contributed by atoms with van der Waals surface area (Å²) in [6, 6.07) is 20.8. The van der Waals surface area contributed by atoms with E-state index < -0.39 is 6.18 Å². The van der Waals surface area contributed by atoms with Gasteiger partial charge in [-0.2, -0.15) is 13.2 Å². The van der Waals surface area contributed by atoms with Gasteiger partial charge in [0.25, 0.3) is 0 Å². The minimum atomic E-state index is -4.00. The van der Waals surface area contributed by atoms with Crippen LogP contribution in [-0.4, -0.2) is 6.18 Å². The molecule has 0 aliphatic carbocycles. The van der Waals surface area contributed by atoms with Gasteiger partial charge in [0.05, 0.1) is 0 Å². The van der Waals surface area contributed by atoms with Gasteiger partial charge in [-0.3, -0.25) is 0 Å². The van der Waals surface area contributed by atoms with Gasteiger partial charge < -0.3 is 0 Å². The normalized spacial score (nSPS) is 9.58. The van der Waals surface area contributed by atoms with Crippen molar-refractivity contribution in [3.8, 4) is 11.1 Å². The molecule has 2 rings (SSSR count). The standard InChI is InChI=1S/C12H10.C2H3F3.C2H6/c1-3-7-11(8-4-1)12-9-5-2-6-10-12;1-2(3,4)5;1-2/h1-10H;1H3;1-2H3. The lowest BCUT2D eigenvalue weighted by atomic mass is 10.1. The molecule has 0 saturated carbocycles. The summed E-state index contributed by atoms with van der Waals surface area (Å²) in [4.78, 5) is 0. The fourth-order valence-electron chi connectivity index (χ4n) is 1.26. The summed E-state index contributed by atoms with van der Waals surface area (Å²) in [5.74, 6) is 0. The molecule has 0 aliphatic heterocycles. The zero-order valence-electron chi connectivity index (χ0n) is 11.4. The van der Waals surface area contributed by atoms with Gasteiger partial charge in [-0.05, 0) is 11.1 Å². The Labute approximate surface area is 112 Å². The fourth-order valence-corrected chi connectivity index (χ4v) is 1.26. The van der Waals surface area contributed by atoms with Crippen LogP contribution in [0.5, 0.6) is 0 Å². The van der Waals surface area contributed by atoms with Crippen LogP contribution in [0.25, 0.3) is 11.1 Å². The smallest absolute Gasteiger partial charge is 0.172 e. The molecule has 0 heterocycles. The summed E-state index contributed by atoms with van der Waals surface area (Å²) in [5, 5.41) is 0. The monoisotopic (exact) mass is 268 g/mol. The molecule has 0 atom stereocenters. The van der Waals surface area contributed by atoms with E-state index in [2.05, 4.69) is 48.5 Å². The molecule has 0 amide bonds. The first kappa shape index (κ1) is 17.2. The minimum absolute atomic E-state index is 0.188. The molecule has 104 valence electrons. The molecule has 0 radical (unpaired) electrons. The number of hydrogen-bond acceptors (Lipinski definition) is 0. The van der Waals surface area contributed by atoms with Gasteiger partial charge in [0.15, 0.2) is 0 Å². The van der Waals surface area contributed by atoms with Gasteiger partial charge in [0.2, 0.25) is 0 Å². The van der Waals surface area contributed by atoms with Crippen molar-refractivity contribution in [2.75, 3.05) is 0 Å². The number of alkyl halides is 3. The van der Waals surface area contributed by atoms with Crippen LogP contribution in [-0.2, 0) is 0 Å². The van der Waals surface area contributed by atoms with Crippen LogP contribution in [0.1, 0.15) is 20.8 Å². The fraction of sp³-hybridized carbons (Fsp3) is 0.250. The molecule has 0 saturated heterocycles. The Morgan fingerprint density at radius 1 is 0.632 bits per heavy atom. The molecule has 0 aliphatic rings. The number of halogens is 3. The first-order valence-electron chi connectivity index (χ1n) is 6.14. The maximum atomic E-state index is 10.4. The largest absolute Gasteiger partial charge is 0.386 e. The van der Waals surface area contributed by atoms with Crippen LogP contribution < -0.4 is 0 Å². The second-order valence-electron chi connectivity index (χ2n) is 3.51. The number of rotatable bonds is 1. The van der Waals surface area contributed by atoms with Crippen LogP contribution >= 0.6 is 0 Å². The molecular formula is C16H19F3. The van der Waals surface area contributed by atoms with Crippen molar-refractivity contribution in [1.29, 1.82) is 0 Å². The number of benzene rings is 2. The van der Waals surface area contributed by atoms with Gasteiger partial charge in [-0.15, -0.1) is 0 Å². The predicted molar refractivity (Wildman–Crippen MR) is 75.0 cm³/mol. The molecule has 19 heavy (non-hydrogen) atoms. The van der Waals surface area contributed by atoms with Crippen LogP contribution in [0.3, 0.4) is 0 Å². The summed E-state index contributed by atoms with van der Waals surface area (Å²) in [5.41, 5.74) is 2.55. The Morgan fingerprint density at radius 3 is 1.05 bits per heavy atom. The van der Waals surface area contributed by atoms with E-state index in [-0.39, 0.29) is 6.92 Å². The average molecular weight is 268 g/mol. The van der Waals surface area contributed by atoms with E-state index in [1.807, 2.05) is 26.0 Å². The van der Waals surface area contributed by atoms with Gasteiger partial charge in [-0.1, -0.05) is 74.5 Å². The van der Waals surface area contributed by atoms with E-state index >= 15 is 0 Å². The maximum absolute atomic E-state index is 10.4. The Kier molecular flexibility index (Phi) is 8.34. The molecular weight excluding hydrogens is 249 g/mol. The highest BCUT2D eigenvalue weighted by Crippen LogP contribution is 2.17. The van der Waals surface area contributed by atoms with Crippen molar-refractivity contribution in [2.24, 2.45) is 0 Å². The van der Waals surface area contributed by atoms with E-state index in [1.54, 1.807) is 0 Å². The van der Waals surface area contributed by atoms with Crippen LogP contribution in [0.15, 0.2) is 60.7 Å². The lowest BCUT2D eigenvalue weighted by Crippen LogP contribution is -1.95. The molecule has 0 bridgehead atoms. The lowest BCUT2D eigenvalue weighted by Gasteiger charge is -1.98. The van der Waals surface area contributed by atoms with Crippen molar-refractivity contribution in [2.45, 2.75) is 26.9 Å². The SMILES string of the molecule is CC.CC(F)(F)F.c1ccc(-c2ccccc2)cc1. The minimum Gasteiger partial charge on any atom is -0.172 e. The first-order valence-corrected chi connectivity index (χ1v) is 6.14. The molecule has 0 aromatic heterocycles. The summed E-state index contributed by atoms with van der Waals surface area (Å²) in [6.45, 7) is 4.19. The van der Waals surface area contributed by atoms with E-state index in [0.29, 0.717) is 0 Å². The quantitative estimate of drug-likeness (QED) is 0.599. The van der Waals surface area contributed by atoms with E-state index in [4.69, 9.17) is 0 Å². The van der Waals surface area contributed by atoms with Crippen molar-refractivity contribution < 1.29 is 13.2 Å². The first-order chi connectivity index (χ1) is 8.97. The van der Waals surface area contributed by atoms with E-state index in [1.165, 1.54) is 11.1 Å². The Balaban J connectivity index is 0.000000396. The predicted octanol–water partition coefficient (Wildman–Crippen LogP) is 5.95. The van der Waals surface area contributed by atoms with Gasteiger partial charge in [0.1, 0.15) is 0 Å². The van der Waals surface area contributed by atoms with Crippen LogP contribution in [0, 0.1) is 0 Å². The molecule has 3 heteroatoms. The molecule has 2 aromatic rings. The summed E-state index contributed by atoms with van der Waals surface area (Å²) in [7, 11) is 0. The second kappa shape index (κ2) is 9.20. The highest BCUT2D eigenvalue weighted by Gasteiger charge is 2.15. The van der Waals surface area contributed by atoms with E-state index in [9.17, 15) is 13.2 Å². The van der Waals surface area contributed by atoms with Crippen LogP contribution in [0.2, 0.25) is 0 Å². The zero-order chi connectivity index (χ0) is 14.7. The zero-order valence-corrected chi connectivity index (χ0v) is 11.4. The van der Waals surface area contributed by atoms with Crippen molar-refractivity contribution in [3.05, 3.63) is 60.7 Å². The Hall–Kier alpha value is -1.77. The van der Waals surface area contributed by atoms with Gasteiger partial charge in [-0.25, -0.2) is 0 Å². The second-order valence-corrected chi connectivity index (χ2v) is 3.51. The third kappa shape index (κ3) is 9.89. The lowest BCUT2D eigenvalue weighted by molar-refractivity contribution is -0.110. The Bertz CT molecular complexity index is 375. The van der Waals surface area contributed by atoms with Crippen LogP contribution in [0.4, 0.5) is 13.2 Å². The topological polar surface area (TPSA) is 0 Å². The number of hydrogen-bond donors (Lipinski definition) is 0. The Morgan fingerprint density at radius 2 is 0.842 bits per heavy atom. The van der Waals surface area contributed by atoms with Crippen molar-refractivity contribution >= 4 is 0 Å². The molecule has 2 aromatic carbocycles. The molecule has 0 N–H and O–H groups in total. The molecule has 0 fully saturated rings. The summed E-state index contributed by atoms with van der Waals surface area (Å²) < 4.78 is 31.1. The maximum Gasteiger partial charge on any atom is 0.386 e. The third-order valence-electron chi connectivity index (χ3n) is 1.88. The van der Waals surface area contributed by atoms with Gasteiger partial charge in [0, 0.05) is 6.92 Å². The van der Waals surface area contributed by atoms with Crippen molar-refractivity contribution in [3.63, 3.8) is 0 Å². The molecule has 0 nitrogen and oxygen atoms in total. The van der Waals surface area contributed by atoms with Gasteiger partial charge >= 0.3 is 6.18 Å². The highest BCUT2D eigenvalue weighted by molar-refractivity contribution is 5.62. The molecule has 0 spiro atoms. The molecule has 0 unspecified atom stereocenters.